The van der Waals surface area contributed by atoms with Gasteiger partial charge >= 0.3 is 0 Å². The maximum atomic E-state index is 14.2. The smallest absolute Gasteiger partial charge is 0.269 e. The number of halogens is 1. The molecule has 3 rings (SSSR count). The number of nitrogens with one attached hydrogen (secondary N) is 1. The molecule has 1 heterocycles. The Hall–Kier alpha value is -3.55. The van der Waals surface area contributed by atoms with Gasteiger partial charge in [0.1, 0.15) is 11.4 Å². The van der Waals surface area contributed by atoms with Gasteiger partial charge in [-0.1, -0.05) is 24.3 Å². The predicted molar refractivity (Wildman–Crippen MR) is 106 cm³/mol. The molecule has 0 amide bonds. The van der Waals surface area contributed by atoms with Crippen LogP contribution in [0.5, 0.6) is 0 Å². The van der Waals surface area contributed by atoms with E-state index in [1.165, 1.54) is 18.2 Å². The Labute approximate surface area is 166 Å². The minimum Gasteiger partial charge on any atom is -0.399 e. The second-order valence-corrected chi connectivity index (χ2v) is 7.69. The second kappa shape index (κ2) is 8.22. The number of anilines is 3. The number of nitrogens with zero attached hydrogens (tertiary/aromatic N) is 3. The highest BCUT2D eigenvalue weighted by Gasteiger charge is 2.12. The molecule has 0 saturated heterocycles. The van der Waals surface area contributed by atoms with Gasteiger partial charge in [-0.05, 0) is 29.3 Å². The van der Waals surface area contributed by atoms with E-state index in [9.17, 15) is 12.8 Å². The molecule has 0 saturated carbocycles. The Kier molecular flexibility index (Phi) is 5.72. The number of aromatic nitrogens is 2. The summed E-state index contributed by atoms with van der Waals surface area (Å²) in [6.07, 6.45) is 1.26. The number of benzene rings is 2. The average Bonchev–Trinajstić information content (AvgIpc) is 2.62. The summed E-state index contributed by atoms with van der Waals surface area (Å²) in [5.41, 5.74) is 8.07. The van der Waals surface area contributed by atoms with Gasteiger partial charge in [-0.3, -0.25) is 4.55 Å². The van der Waals surface area contributed by atoms with Crippen LogP contribution in [0, 0.1) is 17.1 Å². The van der Waals surface area contributed by atoms with Gasteiger partial charge in [-0.25, -0.2) is 14.4 Å². The van der Waals surface area contributed by atoms with E-state index in [0.717, 1.165) is 11.8 Å². The lowest BCUT2D eigenvalue weighted by molar-refractivity contribution is 0.482. The summed E-state index contributed by atoms with van der Waals surface area (Å²) in [4.78, 5) is 8.07. The Morgan fingerprint density at radius 1 is 1.17 bits per heavy atom. The van der Waals surface area contributed by atoms with E-state index in [2.05, 4.69) is 15.3 Å². The van der Waals surface area contributed by atoms with Gasteiger partial charge in [-0.15, -0.1) is 0 Å². The highest BCUT2D eigenvalue weighted by Crippen LogP contribution is 2.25. The first-order valence-electron chi connectivity index (χ1n) is 8.34. The van der Waals surface area contributed by atoms with Crippen LogP contribution in [0.25, 0.3) is 11.3 Å². The number of nitrogen functional groups attached to an aromatic ring is 1. The van der Waals surface area contributed by atoms with E-state index in [4.69, 9.17) is 15.5 Å². The van der Waals surface area contributed by atoms with Crippen molar-refractivity contribution in [1.29, 1.82) is 5.26 Å². The van der Waals surface area contributed by atoms with Gasteiger partial charge in [-0.2, -0.15) is 13.7 Å². The highest BCUT2D eigenvalue weighted by atomic mass is 32.2. The van der Waals surface area contributed by atoms with Crippen molar-refractivity contribution < 1.29 is 17.4 Å². The van der Waals surface area contributed by atoms with Crippen molar-refractivity contribution in [3.05, 3.63) is 65.6 Å². The highest BCUT2D eigenvalue weighted by molar-refractivity contribution is 7.85. The van der Waals surface area contributed by atoms with Crippen molar-refractivity contribution in [2.45, 2.75) is 12.2 Å². The number of hydrogen-bond acceptors (Lipinski definition) is 7. The number of nitrogens with two attached hydrogens (primary N) is 1. The van der Waals surface area contributed by atoms with E-state index < -0.39 is 21.7 Å². The molecule has 0 aliphatic rings. The van der Waals surface area contributed by atoms with E-state index in [1.807, 2.05) is 6.07 Å². The summed E-state index contributed by atoms with van der Waals surface area (Å²) in [6.45, 7) is 0. The monoisotopic (exact) mass is 413 g/mol. The van der Waals surface area contributed by atoms with Crippen LogP contribution in [0.3, 0.4) is 0 Å². The van der Waals surface area contributed by atoms with Crippen molar-refractivity contribution in [2.75, 3.05) is 11.1 Å². The fourth-order valence-electron chi connectivity index (χ4n) is 2.72. The zero-order valence-electron chi connectivity index (χ0n) is 15.0. The molecule has 4 N–H and O–H groups in total. The van der Waals surface area contributed by atoms with Crippen molar-refractivity contribution in [3.8, 4) is 17.3 Å². The molecule has 3 aromatic rings. The average molecular weight is 413 g/mol. The van der Waals surface area contributed by atoms with Crippen molar-refractivity contribution in [3.63, 3.8) is 0 Å². The second-order valence-electron chi connectivity index (χ2n) is 6.24. The maximum Gasteiger partial charge on any atom is 0.269 e. The summed E-state index contributed by atoms with van der Waals surface area (Å²) in [7, 11) is -4.22. The quantitative estimate of drug-likeness (QED) is 0.413. The van der Waals surface area contributed by atoms with Crippen molar-refractivity contribution in [1.82, 2.24) is 9.97 Å². The molecule has 0 bridgehead atoms. The fraction of sp³-hybridized carbons (Fsp3) is 0.105. The molecule has 0 aliphatic heterocycles. The van der Waals surface area contributed by atoms with Gasteiger partial charge in [0.25, 0.3) is 10.1 Å². The van der Waals surface area contributed by atoms with Crippen LogP contribution in [-0.4, -0.2) is 22.9 Å². The molecular weight excluding hydrogens is 397 g/mol. The largest absolute Gasteiger partial charge is 0.399 e. The third kappa shape index (κ3) is 5.47. The lowest BCUT2D eigenvalue weighted by atomic mass is 10.1. The molecule has 29 heavy (non-hydrogen) atoms. The topological polar surface area (TPSA) is 142 Å². The minimum absolute atomic E-state index is 0.0630. The molecule has 1 aromatic heterocycles. The molecule has 8 nitrogen and oxygen atoms in total. The molecule has 0 radical (unpaired) electrons. The summed E-state index contributed by atoms with van der Waals surface area (Å²) in [5.74, 6) is -1.15. The molecule has 0 aliphatic carbocycles. The van der Waals surface area contributed by atoms with Gasteiger partial charge in [0.15, 0.2) is 5.82 Å². The number of nitriles is 1. The van der Waals surface area contributed by atoms with Gasteiger partial charge < -0.3 is 11.1 Å². The molecule has 2 aromatic carbocycles. The molecule has 0 spiro atoms. The summed E-state index contributed by atoms with van der Waals surface area (Å²) in [5, 5.41) is 11.6. The Balaban J connectivity index is 1.89. The Morgan fingerprint density at radius 2 is 1.90 bits per heavy atom. The van der Waals surface area contributed by atoms with Crippen LogP contribution in [0.15, 0.2) is 48.7 Å². The Bertz CT molecular complexity index is 1190. The molecule has 148 valence electrons. The first-order valence-corrected chi connectivity index (χ1v) is 9.95. The molecule has 0 atom stereocenters. The molecular formula is C19H16FN5O3S. The standard InChI is InChI=1S/C19H16FN5O3S/c20-17-10-23-19(25-18(17)14-3-1-12(2-4-14)5-6-21)24-16-8-13(7-15(22)9-16)11-29(26,27)28/h1-4,7-10H,5,11,22H2,(H,23,24,25)(H,26,27,28). The predicted octanol–water partition coefficient (Wildman–Crippen LogP) is 3.06. The van der Waals surface area contributed by atoms with Crippen molar-refractivity contribution in [2.24, 2.45) is 0 Å². The van der Waals surface area contributed by atoms with Gasteiger partial charge in [0, 0.05) is 16.9 Å². The van der Waals surface area contributed by atoms with Crippen LogP contribution in [0.4, 0.5) is 21.7 Å². The number of hydrogen-bond donors (Lipinski definition) is 3. The fourth-order valence-corrected chi connectivity index (χ4v) is 3.30. The molecule has 0 unspecified atom stereocenters. The normalized spacial score (nSPS) is 11.1. The van der Waals surface area contributed by atoms with E-state index in [0.29, 0.717) is 11.3 Å². The summed E-state index contributed by atoms with van der Waals surface area (Å²) < 4.78 is 45.4. The van der Waals surface area contributed by atoms with E-state index >= 15 is 0 Å². The van der Waals surface area contributed by atoms with E-state index in [1.54, 1.807) is 24.3 Å². The van der Waals surface area contributed by atoms with Crippen LogP contribution >= 0.6 is 0 Å². The molecule has 0 fully saturated rings. The van der Waals surface area contributed by atoms with Crippen LogP contribution in [0.2, 0.25) is 0 Å². The number of rotatable bonds is 6. The lowest BCUT2D eigenvalue weighted by Gasteiger charge is -2.10. The summed E-state index contributed by atoms with van der Waals surface area (Å²) >= 11 is 0. The first kappa shape index (κ1) is 20.2. The third-order valence-corrected chi connectivity index (χ3v) is 4.57. The van der Waals surface area contributed by atoms with Crippen molar-refractivity contribution >= 4 is 27.4 Å². The third-order valence-electron chi connectivity index (χ3n) is 3.87. The molecule has 10 heteroatoms. The SMILES string of the molecule is N#CCc1ccc(-c2nc(Nc3cc(N)cc(CS(=O)(=O)O)c3)ncc2F)cc1. The van der Waals surface area contributed by atoms with Crippen LogP contribution in [-0.2, 0) is 22.3 Å². The first-order chi connectivity index (χ1) is 13.7. The van der Waals surface area contributed by atoms with Gasteiger partial charge in [0.2, 0.25) is 5.95 Å². The maximum absolute atomic E-state index is 14.2. The zero-order chi connectivity index (χ0) is 21.0. The lowest BCUT2D eigenvalue weighted by Crippen LogP contribution is -2.04. The van der Waals surface area contributed by atoms with Crippen LogP contribution in [0.1, 0.15) is 11.1 Å². The van der Waals surface area contributed by atoms with Crippen LogP contribution < -0.4 is 11.1 Å². The van der Waals surface area contributed by atoms with Gasteiger partial charge in [0.05, 0.1) is 18.7 Å². The van der Waals surface area contributed by atoms with E-state index in [-0.39, 0.29) is 29.3 Å². The Morgan fingerprint density at radius 3 is 2.55 bits per heavy atom. The summed E-state index contributed by atoms with van der Waals surface area (Å²) in [6, 6.07) is 13.2. The zero-order valence-corrected chi connectivity index (χ0v) is 15.8. The minimum atomic E-state index is -4.22.